The first-order chi connectivity index (χ1) is 9.56. The van der Waals surface area contributed by atoms with Crippen LogP contribution < -0.4 is 0 Å². The molecule has 2 aromatic rings. The largest absolute Gasteiger partial charge is 0.481 e. The highest BCUT2D eigenvalue weighted by molar-refractivity contribution is 5.78. The smallest absolute Gasteiger partial charge is 0.310 e. The molecule has 1 atom stereocenters. The molecule has 4 heteroatoms. The lowest BCUT2D eigenvalue weighted by Gasteiger charge is -2.12. The van der Waals surface area contributed by atoms with Gasteiger partial charge in [-0.25, -0.2) is 4.39 Å². The molecular formula is C16H12FNO2. The summed E-state index contributed by atoms with van der Waals surface area (Å²) in [4.78, 5) is 11.0. The summed E-state index contributed by atoms with van der Waals surface area (Å²) in [6.07, 6.45) is 0. The second kappa shape index (κ2) is 5.54. The fourth-order valence-corrected chi connectivity index (χ4v) is 2.04. The molecule has 0 amide bonds. The molecule has 0 saturated heterocycles. The van der Waals surface area contributed by atoms with Gasteiger partial charge >= 0.3 is 5.97 Å². The Morgan fingerprint density at radius 1 is 1.25 bits per heavy atom. The normalized spacial score (nSPS) is 11.7. The Labute approximate surface area is 115 Å². The van der Waals surface area contributed by atoms with Gasteiger partial charge in [-0.15, -0.1) is 0 Å². The second-order valence-corrected chi connectivity index (χ2v) is 4.43. The van der Waals surface area contributed by atoms with Gasteiger partial charge in [0.1, 0.15) is 11.9 Å². The number of hydrogen-bond acceptors (Lipinski definition) is 2. The van der Waals surface area contributed by atoms with Crippen LogP contribution in [0.25, 0.3) is 11.1 Å². The van der Waals surface area contributed by atoms with E-state index in [-0.39, 0.29) is 11.1 Å². The van der Waals surface area contributed by atoms with Crippen molar-refractivity contribution in [3.8, 4) is 17.2 Å². The lowest BCUT2D eigenvalue weighted by atomic mass is 9.92. The van der Waals surface area contributed by atoms with Crippen molar-refractivity contribution in [3.63, 3.8) is 0 Å². The number of halogens is 1. The Hall–Kier alpha value is -2.67. The molecule has 3 nitrogen and oxygen atoms in total. The van der Waals surface area contributed by atoms with E-state index in [1.54, 1.807) is 30.3 Å². The maximum Gasteiger partial charge on any atom is 0.310 e. The van der Waals surface area contributed by atoms with Gasteiger partial charge in [-0.1, -0.05) is 42.5 Å². The third-order valence-corrected chi connectivity index (χ3v) is 3.21. The molecule has 100 valence electrons. The van der Waals surface area contributed by atoms with Crippen LogP contribution in [0.4, 0.5) is 4.39 Å². The van der Waals surface area contributed by atoms with Gasteiger partial charge in [-0.05, 0) is 18.1 Å². The van der Waals surface area contributed by atoms with E-state index < -0.39 is 17.7 Å². The minimum atomic E-state index is -1.09. The topological polar surface area (TPSA) is 61.1 Å². The standard InChI is InChI=1S/C16H12FNO2/c1-10(16(19)20)12-7-8-13(15(17)14(12)9-18)11-5-3-2-4-6-11/h2-8,10H,1H3,(H,19,20). The van der Waals surface area contributed by atoms with Crippen LogP contribution >= 0.6 is 0 Å². The number of carboxylic acid groups (broad SMARTS) is 1. The highest BCUT2D eigenvalue weighted by Crippen LogP contribution is 2.30. The van der Waals surface area contributed by atoms with Crippen molar-refractivity contribution in [2.45, 2.75) is 12.8 Å². The fraction of sp³-hybridized carbons (Fsp3) is 0.125. The van der Waals surface area contributed by atoms with Crippen molar-refractivity contribution in [3.05, 3.63) is 59.4 Å². The van der Waals surface area contributed by atoms with Crippen molar-refractivity contribution in [2.24, 2.45) is 0 Å². The first-order valence-corrected chi connectivity index (χ1v) is 6.07. The Morgan fingerprint density at radius 3 is 2.45 bits per heavy atom. The summed E-state index contributed by atoms with van der Waals surface area (Å²) in [5.41, 5.74) is 0.929. The van der Waals surface area contributed by atoms with Crippen molar-refractivity contribution >= 4 is 5.97 Å². The minimum Gasteiger partial charge on any atom is -0.481 e. The Bertz CT molecular complexity index is 690. The molecule has 0 aliphatic heterocycles. The number of carboxylic acids is 1. The van der Waals surface area contributed by atoms with Gasteiger partial charge in [0.25, 0.3) is 0 Å². The molecule has 0 bridgehead atoms. The van der Waals surface area contributed by atoms with E-state index in [1.165, 1.54) is 19.1 Å². The molecule has 1 unspecified atom stereocenters. The Morgan fingerprint density at radius 2 is 1.90 bits per heavy atom. The fourth-order valence-electron chi connectivity index (χ4n) is 2.04. The number of rotatable bonds is 3. The SMILES string of the molecule is CC(C(=O)O)c1ccc(-c2ccccc2)c(F)c1C#N. The summed E-state index contributed by atoms with van der Waals surface area (Å²) in [6.45, 7) is 1.43. The van der Waals surface area contributed by atoms with E-state index in [2.05, 4.69) is 0 Å². The summed E-state index contributed by atoms with van der Waals surface area (Å²) < 4.78 is 14.4. The van der Waals surface area contributed by atoms with Gasteiger partial charge in [0.15, 0.2) is 0 Å². The molecule has 0 spiro atoms. The minimum absolute atomic E-state index is 0.192. The van der Waals surface area contributed by atoms with E-state index in [1.807, 2.05) is 6.07 Å². The highest BCUT2D eigenvalue weighted by Gasteiger charge is 2.22. The number of nitrogens with zero attached hydrogens (tertiary/aromatic N) is 1. The number of nitriles is 1. The zero-order valence-electron chi connectivity index (χ0n) is 10.8. The van der Waals surface area contributed by atoms with Crippen LogP contribution in [0.1, 0.15) is 24.0 Å². The molecule has 0 saturated carbocycles. The van der Waals surface area contributed by atoms with Gasteiger partial charge in [-0.2, -0.15) is 5.26 Å². The van der Waals surface area contributed by atoms with Crippen LogP contribution in [0.5, 0.6) is 0 Å². The van der Waals surface area contributed by atoms with Gasteiger partial charge in [-0.3, -0.25) is 4.79 Å². The first kappa shape index (κ1) is 13.8. The first-order valence-electron chi connectivity index (χ1n) is 6.07. The molecule has 0 radical (unpaired) electrons. The number of benzene rings is 2. The number of hydrogen-bond donors (Lipinski definition) is 1. The molecule has 20 heavy (non-hydrogen) atoms. The average molecular weight is 269 g/mol. The van der Waals surface area contributed by atoms with E-state index >= 15 is 0 Å². The lowest BCUT2D eigenvalue weighted by molar-refractivity contribution is -0.138. The van der Waals surface area contributed by atoms with Crippen LogP contribution in [0.2, 0.25) is 0 Å². The predicted octanol–water partition coefficient (Wildman–Crippen LogP) is 3.55. The molecule has 0 heterocycles. The van der Waals surface area contributed by atoms with Crippen molar-refractivity contribution in [1.29, 1.82) is 5.26 Å². The van der Waals surface area contributed by atoms with E-state index in [0.717, 1.165) is 0 Å². The van der Waals surface area contributed by atoms with Gasteiger partial charge < -0.3 is 5.11 Å². The number of aliphatic carboxylic acids is 1. The van der Waals surface area contributed by atoms with Crippen LogP contribution in [0.15, 0.2) is 42.5 Å². The highest BCUT2D eigenvalue weighted by atomic mass is 19.1. The van der Waals surface area contributed by atoms with E-state index in [9.17, 15) is 9.18 Å². The summed E-state index contributed by atoms with van der Waals surface area (Å²) in [7, 11) is 0. The van der Waals surface area contributed by atoms with E-state index in [4.69, 9.17) is 10.4 Å². The van der Waals surface area contributed by atoms with Gasteiger partial charge in [0.05, 0.1) is 11.5 Å². The second-order valence-electron chi connectivity index (χ2n) is 4.43. The maximum absolute atomic E-state index is 14.4. The molecule has 0 fully saturated rings. The van der Waals surface area contributed by atoms with Gasteiger partial charge in [0, 0.05) is 5.56 Å². The molecule has 0 aliphatic carbocycles. The third kappa shape index (κ3) is 2.39. The van der Waals surface area contributed by atoms with Crippen molar-refractivity contribution < 1.29 is 14.3 Å². The molecule has 2 rings (SSSR count). The maximum atomic E-state index is 14.4. The van der Waals surface area contributed by atoms with Crippen LogP contribution in [-0.4, -0.2) is 11.1 Å². The van der Waals surface area contributed by atoms with Crippen molar-refractivity contribution in [2.75, 3.05) is 0 Å². The summed E-state index contributed by atoms with van der Waals surface area (Å²) in [5, 5.41) is 18.1. The Kier molecular flexibility index (Phi) is 3.81. The molecule has 1 N–H and O–H groups in total. The van der Waals surface area contributed by atoms with Crippen LogP contribution in [0.3, 0.4) is 0 Å². The van der Waals surface area contributed by atoms with Crippen LogP contribution in [-0.2, 0) is 4.79 Å². The van der Waals surface area contributed by atoms with Crippen molar-refractivity contribution in [1.82, 2.24) is 0 Å². The quantitative estimate of drug-likeness (QED) is 0.926. The summed E-state index contributed by atoms with van der Waals surface area (Å²) in [6, 6.07) is 13.6. The molecular weight excluding hydrogens is 257 g/mol. The third-order valence-electron chi connectivity index (χ3n) is 3.21. The molecule has 0 aliphatic rings. The zero-order chi connectivity index (χ0) is 14.7. The van der Waals surface area contributed by atoms with E-state index in [0.29, 0.717) is 11.1 Å². The molecule has 2 aromatic carbocycles. The average Bonchev–Trinajstić information content (AvgIpc) is 2.46. The predicted molar refractivity (Wildman–Crippen MR) is 72.6 cm³/mol. The Balaban J connectivity index is 2.62. The van der Waals surface area contributed by atoms with Crippen LogP contribution in [0, 0.1) is 17.1 Å². The van der Waals surface area contributed by atoms with Gasteiger partial charge in [0.2, 0.25) is 0 Å². The zero-order valence-corrected chi connectivity index (χ0v) is 10.8. The summed E-state index contributed by atoms with van der Waals surface area (Å²) >= 11 is 0. The number of carbonyl (C=O) groups is 1. The summed E-state index contributed by atoms with van der Waals surface area (Å²) in [5.74, 6) is -2.69. The monoisotopic (exact) mass is 269 g/mol. The lowest BCUT2D eigenvalue weighted by Crippen LogP contribution is -2.10. The molecule has 0 aromatic heterocycles.